The van der Waals surface area contributed by atoms with Crippen molar-refractivity contribution in [3.8, 4) is 0 Å². The van der Waals surface area contributed by atoms with E-state index in [1.165, 1.54) is 173 Å². The largest absolute Gasteiger partial charge is 0.457 e. The van der Waals surface area contributed by atoms with Crippen LogP contribution < -0.4 is 0 Å². The molecule has 400 valence electrons. The van der Waals surface area contributed by atoms with E-state index < -0.39 is 59.8 Å². The fraction of sp³-hybridized carbons (Fsp3) is 0.873. The summed E-state index contributed by atoms with van der Waals surface area (Å²) in [4.78, 5) is 12.9. The Bertz CT molecular complexity index is 1320. The maximum Gasteiger partial charge on any atom is 0.397 e. The zero-order valence-electron chi connectivity index (χ0n) is 43.2. The molecule has 0 spiro atoms. The number of carbonyl (C=O) groups is 1. The van der Waals surface area contributed by atoms with Gasteiger partial charge in [-0.05, 0) is 70.6 Å². The van der Waals surface area contributed by atoms with Gasteiger partial charge in [0.05, 0.1) is 19.8 Å². The number of unbranched alkanes of at least 4 members (excludes halogenated alkanes) is 30. The second-order valence-electron chi connectivity index (χ2n) is 19.2. The lowest BCUT2D eigenvalue weighted by Crippen LogP contribution is -2.60. The zero-order valence-corrected chi connectivity index (χ0v) is 44.0. The number of aliphatic hydroxyl groups excluding tert-OH is 3. The van der Waals surface area contributed by atoms with E-state index in [0.29, 0.717) is 13.0 Å². The first-order valence-corrected chi connectivity index (χ1v) is 29.1. The Labute approximate surface area is 415 Å². The lowest BCUT2D eigenvalue weighted by Gasteiger charge is -2.41. The van der Waals surface area contributed by atoms with Crippen molar-refractivity contribution in [3.63, 3.8) is 0 Å². The van der Waals surface area contributed by atoms with Crippen LogP contribution in [0.2, 0.25) is 0 Å². The molecule has 1 fully saturated rings. The van der Waals surface area contributed by atoms with Crippen LogP contribution in [0, 0.1) is 0 Å². The van der Waals surface area contributed by atoms with Crippen LogP contribution in [0.1, 0.15) is 245 Å². The molecule has 13 heteroatoms. The van der Waals surface area contributed by atoms with Gasteiger partial charge in [-0.1, -0.05) is 204 Å². The standard InChI is InChI=1S/C55H102O12S/c1-3-5-7-9-11-13-15-17-19-21-23-24-25-27-29-31-33-35-37-39-41-43-45-63-47-49(48-64-55-53(59)54(67-68(60,61)62)52(58)50(46-56)66-55)65-51(57)44-42-40-38-36-34-32-30-28-26-22-20-18-16-14-12-10-8-6-4-2/h15,17-18,20-21,23,49-50,52-56,58-59H,3-14,16,19,22,24-48H2,1-2H3,(H,60,61,62)/b17-15-,20-18-,23-21-. The van der Waals surface area contributed by atoms with E-state index in [0.717, 1.165) is 44.9 Å². The minimum Gasteiger partial charge on any atom is -0.457 e. The first-order chi connectivity index (χ1) is 33.1. The van der Waals surface area contributed by atoms with Crippen LogP contribution in [0.15, 0.2) is 36.5 Å². The van der Waals surface area contributed by atoms with Crippen LogP contribution >= 0.6 is 0 Å². The average molecular weight is 987 g/mol. The summed E-state index contributed by atoms with van der Waals surface area (Å²) in [6.07, 6.45) is 47.4. The fourth-order valence-electron chi connectivity index (χ4n) is 8.52. The first kappa shape index (κ1) is 64.3. The number of hydrogen-bond acceptors (Lipinski definition) is 11. The Morgan fingerprint density at radius 2 is 0.971 bits per heavy atom. The molecular formula is C55H102O12S. The van der Waals surface area contributed by atoms with Crippen LogP contribution in [-0.2, 0) is 38.3 Å². The summed E-state index contributed by atoms with van der Waals surface area (Å²) in [6, 6.07) is 0. The van der Waals surface area contributed by atoms with Crippen molar-refractivity contribution in [1.29, 1.82) is 0 Å². The number of carbonyl (C=O) groups excluding carboxylic acids is 1. The highest BCUT2D eigenvalue weighted by molar-refractivity contribution is 7.80. The molecular weight excluding hydrogens is 885 g/mol. The van der Waals surface area contributed by atoms with Crippen molar-refractivity contribution in [2.24, 2.45) is 0 Å². The van der Waals surface area contributed by atoms with Gasteiger partial charge < -0.3 is 34.3 Å². The average Bonchev–Trinajstić information content (AvgIpc) is 3.31. The molecule has 0 bridgehead atoms. The summed E-state index contributed by atoms with van der Waals surface area (Å²) in [5.74, 6) is -0.400. The summed E-state index contributed by atoms with van der Waals surface area (Å²) in [5, 5.41) is 30.8. The highest BCUT2D eigenvalue weighted by Crippen LogP contribution is 2.26. The topological polar surface area (TPSA) is 178 Å². The molecule has 0 amide bonds. The summed E-state index contributed by atoms with van der Waals surface area (Å²) in [5.41, 5.74) is 0. The lowest BCUT2D eigenvalue weighted by molar-refractivity contribution is -0.301. The molecule has 1 aliphatic heterocycles. The molecule has 12 nitrogen and oxygen atoms in total. The van der Waals surface area contributed by atoms with Crippen molar-refractivity contribution >= 4 is 16.4 Å². The van der Waals surface area contributed by atoms with Crippen molar-refractivity contribution in [2.45, 2.75) is 282 Å². The Morgan fingerprint density at radius 1 is 0.559 bits per heavy atom. The van der Waals surface area contributed by atoms with E-state index in [9.17, 15) is 33.1 Å². The number of rotatable bonds is 49. The molecule has 0 aromatic rings. The molecule has 1 rings (SSSR count). The van der Waals surface area contributed by atoms with Crippen molar-refractivity contribution in [2.75, 3.05) is 26.4 Å². The molecule has 0 aliphatic carbocycles. The molecule has 6 unspecified atom stereocenters. The van der Waals surface area contributed by atoms with Gasteiger partial charge in [-0.25, -0.2) is 4.18 Å². The number of hydrogen-bond donors (Lipinski definition) is 4. The summed E-state index contributed by atoms with van der Waals surface area (Å²) >= 11 is 0. The lowest BCUT2D eigenvalue weighted by atomic mass is 9.99. The monoisotopic (exact) mass is 987 g/mol. The molecule has 1 aliphatic rings. The van der Waals surface area contributed by atoms with Gasteiger partial charge in [0.15, 0.2) is 6.29 Å². The van der Waals surface area contributed by atoms with E-state index in [1.54, 1.807) is 0 Å². The Balaban J connectivity index is 2.32. The molecule has 4 N–H and O–H groups in total. The van der Waals surface area contributed by atoms with E-state index in [1.807, 2.05) is 0 Å². The van der Waals surface area contributed by atoms with Crippen molar-refractivity contribution in [1.82, 2.24) is 0 Å². The molecule has 0 aromatic heterocycles. The normalized spacial score (nSPS) is 19.5. The highest BCUT2D eigenvalue weighted by atomic mass is 32.3. The quantitative estimate of drug-likeness (QED) is 0.0197. The Kier molecular flexibility index (Phi) is 43.9. The Morgan fingerprint density at radius 3 is 1.41 bits per heavy atom. The van der Waals surface area contributed by atoms with Gasteiger partial charge in [0.1, 0.15) is 30.5 Å². The van der Waals surface area contributed by atoms with Crippen molar-refractivity contribution < 1.29 is 56.2 Å². The fourth-order valence-corrected chi connectivity index (χ4v) is 9.03. The smallest absolute Gasteiger partial charge is 0.397 e. The third-order valence-electron chi connectivity index (χ3n) is 12.7. The van der Waals surface area contributed by atoms with Crippen LogP contribution in [0.3, 0.4) is 0 Å². The second kappa shape index (κ2) is 46.4. The first-order valence-electron chi connectivity index (χ1n) is 27.7. The van der Waals surface area contributed by atoms with Crippen LogP contribution in [0.4, 0.5) is 0 Å². The van der Waals surface area contributed by atoms with Gasteiger partial charge >= 0.3 is 16.4 Å². The number of esters is 1. The van der Waals surface area contributed by atoms with Gasteiger partial charge in [0.25, 0.3) is 0 Å². The second-order valence-corrected chi connectivity index (χ2v) is 20.2. The van der Waals surface area contributed by atoms with Gasteiger partial charge in [-0.2, -0.15) is 8.42 Å². The highest BCUT2D eigenvalue weighted by Gasteiger charge is 2.48. The maximum absolute atomic E-state index is 12.9. The third-order valence-corrected chi connectivity index (χ3v) is 13.2. The van der Waals surface area contributed by atoms with Gasteiger partial charge in [-0.3, -0.25) is 9.35 Å². The predicted octanol–water partition coefficient (Wildman–Crippen LogP) is 13.3. The SMILES string of the molecule is CCCCCCC/C=C\C/C=C\CCCCCCCCCCCCOCC(COC1OC(CO)C(O)C(OS(=O)(=O)O)C1O)OC(=O)CCCCCCCCCCC/C=C\CCCCCCCC. The Hall–Kier alpha value is -1.68. The number of aliphatic hydroxyl groups is 3. The molecule has 6 atom stereocenters. The van der Waals surface area contributed by atoms with Crippen molar-refractivity contribution in [3.05, 3.63) is 36.5 Å². The van der Waals surface area contributed by atoms with Crippen LogP contribution in [0.5, 0.6) is 0 Å². The molecule has 68 heavy (non-hydrogen) atoms. The molecule has 1 saturated heterocycles. The van der Waals surface area contributed by atoms with E-state index in [-0.39, 0.29) is 19.6 Å². The van der Waals surface area contributed by atoms with Crippen LogP contribution in [-0.4, -0.2) is 97.5 Å². The van der Waals surface area contributed by atoms with Gasteiger partial charge in [0, 0.05) is 13.0 Å². The molecule has 0 radical (unpaired) electrons. The summed E-state index contributed by atoms with van der Waals surface area (Å²) in [7, 11) is -5.07. The van der Waals surface area contributed by atoms with E-state index in [2.05, 4.69) is 54.5 Å². The molecule has 0 aromatic carbocycles. The maximum atomic E-state index is 12.9. The van der Waals surface area contributed by atoms with E-state index in [4.69, 9.17) is 18.9 Å². The third kappa shape index (κ3) is 39.0. The van der Waals surface area contributed by atoms with Gasteiger partial charge in [0.2, 0.25) is 0 Å². The summed E-state index contributed by atoms with van der Waals surface area (Å²) < 4.78 is 59.4. The zero-order chi connectivity index (χ0) is 49.6. The number of allylic oxidation sites excluding steroid dienone is 6. The molecule has 1 heterocycles. The number of ether oxygens (including phenoxy) is 4. The minimum atomic E-state index is -5.07. The van der Waals surface area contributed by atoms with E-state index >= 15 is 0 Å². The molecule has 0 saturated carbocycles. The predicted molar refractivity (Wildman–Crippen MR) is 276 cm³/mol. The summed E-state index contributed by atoms with van der Waals surface area (Å²) in [6.45, 7) is 4.01. The van der Waals surface area contributed by atoms with Crippen LogP contribution in [0.25, 0.3) is 0 Å². The van der Waals surface area contributed by atoms with Gasteiger partial charge in [-0.15, -0.1) is 0 Å². The minimum absolute atomic E-state index is 0.0349.